The minimum Gasteiger partial charge on any atom is -0.495 e. The highest BCUT2D eigenvalue weighted by Crippen LogP contribution is 2.32. The summed E-state index contributed by atoms with van der Waals surface area (Å²) in [5, 5.41) is 3.21. The van der Waals surface area contributed by atoms with E-state index in [0.717, 1.165) is 50.8 Å². The monoisotopic (exact) mass is 440 g/mol. The summed E-state index contributed by atoms with van der Waals surface area (Å²) in [6.07, 6.45) is 9.50. The topological polar surface area (TPSA) is 48.1 Å². The summed E-state index contributed by atoms with van der Waals surface area (Å²) in [6, 6.07) is 10.3. The first kappa shape index (κ1) is 22.0. The molecule has 0 radical (unpaired) electrons. The van der Waals surface area contributed by atoms with E-state index in [1.807, 2.05) is 6.07 Å². The second kappa shape index (κ2) is 10.0. The van der Waals surface area contributed by atoms with E-state index in [-0.39, 0.29) is 5.92 Å². The molecule has 5 rings (SSSR count). The normalized spacial score (nSPS) is 25.1. The molecule has 0 spiro atoms. The molecule has 176 valence electrons. The molecule has 4 fully saturated rings. The molecular weight excluding hydrogens is 400 g/mol. The highest BCUT2D eigenvalue weighted by Gasteiger charge is 2.34. The maximum absolute atomic E-state index is 12.4. The van der Waals surface area contributed by atoms with Crippen molar-refractivity contribution in [2.45, 2.75) is 69.5 Å². The van der Waals surface area contributed by atoms with Gasteiger partial charge in [0.2, 0.25) is 5.91 Å². The molecule has 0 aromatic heterocycles. The van der Waals surface area contributed by atoms with Crippen molar-refractivity contribution in [3.05, 3.63) is 24.3 Å². The van der Waals surface area contributed by atoms with Crippen molar-refractivity contribution in [3.8, 4) is 5.75 Å². The van der Waals surface area contributed by atoms with Crippen LogP contribution in [-0.4, -0.2) is 80.2 Å². The van der Waals surface area contributed by atoms with Crippen molar-refractivity contribution < 1.29 is 9.53 Å². The van der Waals surface area contributed by atoms with Crippen LogP contribution < -0.4 is 15.0 Å². The molecule has 4 aliphatic rings. The number of anilines is 1. The van der Waals surface area contributed by atoms with Crippen LogP contribution in [-0.2, 0) is 4.79 Å². The van der Waals surface area contributed by atoms with E-state index in [0.29, 0.717) is 18.0 Å². The number of benzene rings is 1. The van der Waals surface area contributed by atoms with E-state index in [1.165, 1.54) is 57.3 Å². The molecule has 3 aliphatic heterocycles. The first-order valence-electron chi connectivity index (χ1n) is 12.9. The van der Waals surface area contributed by atoms with Crippen LogP contribution in [0, 0.1) is 5.92 Å². The van der Waals surface area contributed by atoms with Crippen molar-refractivity contribution in [1.82, 2.24) is 15.1 Å². The van der Waals surface area contributed by atoms with Crippen LogP contribution >= 0.6 is 0 Å². The fourth-order valence-corrected chi connectivity index (χ4v) is 6.05. The Morgan fingerprint density at radius 1 is 0.812 bits per heavy atom. The zero-order valence-electron chi connectivity index (χ0n) is 19.7. The lowest BCUT2D eigenvalue weighted by atomic mass is 9.92. The Hall–Kier alpha value is -1.79. The van der Waals surface area contributed by atoms with E-state index in [2.05, 4.69) is 38.2 Å². The van der Waals surface area contributed by atoms with Crippen LogP contribution in [0.1, 0.15) is 51.4 Å². The van der Waals surface area contributed by atoms with Gasteiger partial charge >= 0.3 is 0 Å². The summed E-state index contributed by atoms with van der Waals surface area (Å²) < 4.78 is 5.57. The molecule has 1 N–H and O–H groups in total. The van der Waals surface area contributed by atoms with E-state index in [9.17, 15) is 4.79 Å². The summed E-state index contributed by atoms with van der Waals surface area (Å²) >= 11 is 0. The third-order valence-electron chi connectivity index (χ3n) is 8.25. The molecule has 1 aromatic carbocycles. The summed E-state index contributed by atoms with van der Waals surface area (Å²) in [5.41, 5.74) is 1.24. The van der Waals surface area contributed by atoms with Crippen LogP contribution in [0.25, 0.3) is 0 Å². The van der Waals surface area contributed by atoms with Gasteiger partial charge in [-0.3, -0.25) is 4.79 Å². The standard InChI is InChI=1S/C26H40N4O2/c1-32-25-5-3-2-4-24(25)30-18-12-23(13-19-30)29-16-10-22(11-17-29)28-14-8-20(9-15-28)26(31)27-21-6-7-21/h2-5,20-23H,6-19H2,1H3,(H,27,31). The summed E-state index contributed by atoms with van der Waals surface area (Å²) in [4.78, 5) is 20.3. The minimum atomic E-state index is 0.250. The van der Waals surface area contributed by atoms with Crippen molar-refractivity contribution in [1.29, 1.82) is 0 Å². The second-order valence-electron chi connectivity index (χ2n) is 10.3. The average Bonchev–Trinajstić information content (AvgIpc) is 3.68. The number of ether oxygens (including phenoxy) is 1. The number of piperidine rings is 3. The smallest absolute Gasteiger partial charge is 0.223 e. The minimum absolute atomic E-state index is 0.250. The van der Waals surface area contributed by atoms with Crippen molar-refractivity contribution in [2.75, 3.05) is 51.3 Å². The number of hydrogen-bond acceptors (Lipinski definition) is 5. The molecule has 6 heteroatoms. The summed E-state index contributed by atoms with van der Waals surface area (Å²) in [6.45, 7) is 6.89. The molecule has 1 saturated carbocycles. The van der Waals surface area contributed by atoms with Gasteiger partial charge in [-0.1, -0.05) is 12.1 Å². The number of likely N-dealkylation sites (tertiary alicyclic amines) is 2. The van der Waals surface area contributed by atoms with Crippen LogP contribution in [0.3, 0.4) is 0 Å². The Kier molecular flexibility index (Phi) is 6.88. The Bertz CT molecular complexity index is 759. The largest absolute Gasteiger partial charge is 0.495 e. The molecule has 3 saturated heterocycles. The predicted molar refractivity (Wildman–Crippen MR) is 128 cm³/mol. The van der Waals surface area contributed by atoms with Crippen LogP contribution in [0.2, 0.25) is 0 Å². The number of carbonyl (C=O) groups excluding carboxylic acids is 1. The Labute approximate surface area is 193 Å². The maximum Gasteiger partial charge on any atom is 0.223 e. The van der Waals surface area contributed by atoms with E-state index < -0.39 is 0 Å². The zero-order valence-corrected chi connectivity index (χ0v) is 19.7. The van der Waals surface area contributed by atoms with E-state index in [1.54, 1.807) is 7.11 Å². The number of methoxy groups -OCH3 is 1. The average molecular weight is 441 g/mol. The van der Waals surface area contributed by atoms with Gasteiger partial charge in [0, 0.05) is 37.1 Å². The van der Waals surface area contributed by atoms with Crippen molar-refractivity contribution in [2.24, 2.45) is 5.92 Å². The Morgan fingerprint density at radius 3 is 1.97 bits per heavy atom. The van der Waals surface area contributed by atoms with Gasteiger partial charge in [0.15, 0.2) is 0 Å². The summed E-state index contributed by atoms with van der Waals surface area (Å²) in [7, 11) is 1.77. The first-order chi connectivity index (χ1) is 15.7. The molecular formula is C26H40N4O2. The Balaban J connectivity index is 1.04. The van der Waals surface area contributed by atoms with Gasteiger partial charge in [0.1, 0.15) is 5.75 Å². The lowest BCUT2D eigenvalue weighted by Crippen LogP contribution is -2.52. The van der Waals surface area contributed by atoms with Gasteiger partial charge in [0.05, 0.1) is 12.8 Å². The number of amides is 1. The van der Waals surface area contributed by atoms with Gasteiger partial charge in [-0.15, -0.1) is 0 Å². The van der Waals surface area contributed by atoms with Gasteiger partial charge in [-0.2, -0.15) is 0 Å². The molecule has 0 unspecified atom stereocenters. The summed E-state index contributed by atoms with van der Waals surface area (Å²) in [5.74, 6) is 1.56. The molecule has 32 heavy (non-hydrogen) atoms. The first-order valence-corrected chi connectivity index (χ1v) is 12.9. The van der Waals surface area contributed by atoms with Crippen LogP contribution in [0.4, 0.5) is 5.69 Å². The number of para-hydroxylation sites is 2. The quantitative estimate of drug-likeness (QED) is 0.737. The maximum atomic E-state index is 12.4. The predicted octanol–water partition coefficient (Wildman–Crippen LogP) is 3.12. The molecule has 0 atom stereocenters. The van der Waals surface area contributed by atoms with E-state index in [4.69, 9.17) is 4.74 Å². The third-order valence-corrected chi connectivity index (χ3v) is 8.25. The molecule has 6 nitrogen and oxygen atoms in total. The highest BCUT2D eigenvalue weighted by atomic mass is 16.5. The number of carbonyl (C=O) groups is 1. The van der Waals surface area contributed by atoms with Gasteiger partial charge in [-0.05, 0) is 89.7 Å². The molecule has 1 amide bonds. The van der Waals surface area contributed by atoms with Crippen molar-refractivity contribution >= 4 is 11.6 Å². The number of rotatable bonds is 6. The van der Waals surface area contributed by atoms with Crippen molar-refractivity contribution in [3.63, 3.8) is 0 Å². The number of nitrogens with one attached hydrogen (secondary N) is 1. The number of nitrogens with zero attached hydrogens (tertiary/aromatic N) is 3. The fraction of sp³-hybridized carbons (Fsp3) is 0.731. The molecule has 3 heterocycles. The van der Waals surface area contributed by atoms with Crippen LogP contribution in [0.15, 0.2) is 24.3 Å². The van der Waals surface area contributed by atoms with Gasteiger partial charge < -0.3 is 24.8 Å². The van der Waals surface area contributed by atoms with Gasteiger partial charge in [-0.25, -0.2) is 0 Å². The zero-order chi connectivity index (χ0) is 21.9. The molecule has 0 bridgehead atoms. The lowest BCUT2D eigenvalue weighted by molar-refractivity contribution is -0.126. The lowest BCUT2D eigenvalue weighted by Gasteiger charge is -2.45. The van der Waals surface area contributed by atoms with E-state index >= 15 is 0 Å². The fourth-order valence-electron chi connectivity index (χ4n) is 6.05. The number of hydrogen-bond donors (Lipinski definition) is 1. The SMILES string of the molecule is COc1ccccc1N1CCC(N2CCC(N3CCC(C(=O)NC4CC4)CC3)CC2)CC1. The highest BCUT2D eigenvalue weighted by molar-refractivity contribution is 5.79. The van der Waals surface area contributed by atoms with Gasteiger partial charge in [0.25, 0.3) is 0 Å². The van der Waals surface area contributed by atoms with Crippen LogP contribution in [0.5, 0.6) is 5.75 Å². The molecule has 1 aliphatic carbocycles. The Morgan fingerprint density at radius 2 is 1.38 bits per heavy atom. The molecule has 1 aromatic rings. The second-order valence-corrected chi connectivity index (χ2v) is 10.3. The third kappa shape index (κ3) is 5.07.